The van der Waals surface area contributed by atoms with Crippen LogP contribution in [0, 0.1) is 5.82 Å². The lowest BCUT2D eigenvalue weighted by atomic mass is 9.99. The van der Waals surface area contributed by atoms with Crippen molar-refractivity contribution in [2.45, 2.75) is 19.4 Å². The number of benzene rings is 2. The van der Waals surface area contributed by atoms with Crippen LogP contribution in [0.2, 0.25) is 5.02 Å². The van der Waals surface area contributed by atoms with Crippen LogP contribution in [0.4, 0.5) is 4.39 Å². The Kier molecular flexibility index (Phi) is 6.23. The summed E-state index contributed by atoms with van der Waals surface area (Å²) in [6.45, 7) is 2.92. The fourth-order valence-electron chi connectivity index (χ4n) is 2.23. The van der Waals surface area contributed by atoms with E-state index in [1.165, 1.54) is 11.6 Å². The van der Waals surface area contributed by atoms with Gasteiger partial charge in [-0.3, -0.25) is 0 Å². The minimum absolute atomic E-state index is 0.144. The van der Waals surface area contributed by atoms with Gasteiger partial charge >= 0.3 is 0 Å². The van der Waals surface area contributed by atoms with Crippen molar-refractivity contribution in [3.8, 4) is 0 Å². The van der Waals surface area contributed by atoms with Gasteiger partial charge in [0.05, 0.1) is 5.02 Å². The van der Waals surface area contributed by atoms with E-state index >= 15 is 0 Å². The third-order valence-corrected chi connectivity index (χ3v) is 4.37. The average Bonchev–Trinajstić information content (AvgIpc) is 2.41. The van der Waals surface area contributed by atoms with Gasteiger partial charge in [0, 0.05) is 15.0 Å². The van der Waals surface area contributed by atoms with Crippen molar-refractivity contribution in [1.29, 1.82) is 0 Å². The quantitative estimate of drug-likeness (QED) is 0.617. The highest BCUT2D eigenvalue weighted by atomic mass is 79.9. The summed E-state index contributed by atoms with van der Waals surface area (Å²) in [5, 5.41) is 3.62. The Labute approximate surface area is 146 Å². The zero-order valence-electron chi connectivity index (χ0n) is 11.5. The Balaban J connectivity index is 2.27. The monoisotopic (exact) mass is 433 g/mol. The molecule has 2 rings (SSSR count). The van der Waals surface area contributed by atoms with Gasteiger partial charge in [0.25, 0.3) is 0 Å². The molecule has 0 radical (unpaired) electrons. The second-order valence-corrected chi connectivity index (χ2v) is 7.00. The summed E-state index contributed by atoms with van der Waals surface area (Å²) >= 11 is 12.9. The van der Waals surface area contributed by atoms with Gasteiger partial charge in [-0.15, -0.1) is 0 Å². The van der Waals surface area contributed by atoms with Gasteiger partial charge in [-0.2, -0.15) is 0 Å². The van der Waals surface area contributed by atoms with Crippen molar-refractivity contribution in [3.63, 3.8) is 0 Å². The molecule has 0 saturated heterocycles. The van der Waals surface area contributed by atoms with Gasteiger partial charge in [-0.05, 0) is 54.4 Å². The maximum Gasteiger partial charge on any atom is 0.141 e. The molecule has 1 N–H and O–H groups in total. The molecular formula is C16H15Br2ClFN. The lowest BCUT2D eigenvalue weighted by Crippen LogP contribution is -2.23. The maximum absolute atomic E-state index is 13.3. The Morgan fingerprint density at radius 3 is 2.38 bits per heavy atom. The largest absolute Gasteiger partial charge is 0.310 e. The van der Waals surface area contributed by atoms with E-state index in [0.717, 1.165) is 27.5 Å². The van der Waals surface area contributed by atoms with Gasteiger partial charge in [0.2, 0.25) is 0 Å². The Hall–Kier alpha value is -0.420. The SMILES string of the molecule is CCNC(Cc1ccc(F)c(Cl)c1)c1cc(Br)cc(Br)c1. The minimum atomic E-state index is -0.384. The summed E-state index contributed by atoms with van der Waals surface area (Å²) in [5.74, 6) is -0.384. The molecule has 2 aromatic rings. The average molecular weight is 436 g/mol. The molecule has 0 aliphatic carbocycles. The summed E-state index contributed by atoms with van der Waals surface area (Å²) in [6, 6.07) is 11.2. The molecule has 0 aliphatic heterocycles. The summed E-state index contributed by atoms with van der Waals surface area (Å²) < 4.78 is 15.3. The van der Waals surface area contributed by atoms with E-state index < -0.39 is 0 Å². The zero-order valence-corrected chi connectivity index (χ0v) is 15.4. The first-order valence-corrected chi connectivity index (χ1v) is 8.59. The smallest absolute Gasteiger partial charge is 0.141 e. The first-order valence-electron chi connectivity index (χ1n) is 6.63. The Morgan fingerprint density at radius 2 is 1.81 bits per heavy atom. The summed E-state index contributed by atoms with van der Waals surface area (Å²) in [7, 11) is 0. The topological polar surface area (TPSA) is 12.0 Å². The van der Waals surface area contributed by atoms with E-state index in [-0.39, 0.29) is 16.9 Å². The molecule has 1 atom stereocenters. The van der Waals surface area contributed by atoms with Gasteiger partial charge in [0.15, 0.2) is 0 Å². The third-order valence-electron chi connectivity index (χ3n) is 3.16. The van der Waals surface area contributed by atoms with E-state index in [1.807, 2.05) is 6.07 Å². The molecule has 1 unspecified atom stereocenters. The van der Waals surface area contributed by atoms with Crippen LogP contribution in [-0.2, 0) is 6.42 Å². The predicted molar refractivity (Wildman–Crippen MR) is 93.4 cm³/mol. The van der Waals surface area contributed by atoms with Crippen LogP contribution in [-0.4, -0.2) is 6.54 Å². The maximum atomic E-state index is 13.3. The van der Waals surface area contributed by atoms with Crippen molar-refractivity contribution in [3.05, 3.63) is 67.3 Å². The highest BCUT2D eigenvalue weighted by Crippen LogP contribution is 2.27. The molecule has 21 heavy (non-hydrogen) atoms. The number of likely N-dealkylation sites (N-methyl/N-ethyl adjacent to an activating group) is 1. The molecule has 112 valence electrons. The number of rotatable bonds is 5. The van der Waals surface area contributed by atoms with E-state index in [1.54, 1.807) is 12.1 Å². The van der Waals surface area contributed by atoms with Gasteiger partial charge in [0.1, 0.15) is 5.82 Å². The van der Waals surface area contributed by atoms with Crippen LogP contribution in [0.1, 0.15) is 24.1 Å². The summed E-state index contributed by atoms with van der Waals surface area (Å²) in [6.07, 6.45) is 0.747. The molecule has 1 nitrogen and oxygen atoms in total. The number of halogens is 4. The van der Waals surface area contributed by atoms with E-state index in [0.29, 0.717) is 0 Å². The third kappa shape index (κ3) is 4.78. The highest BCUT2D eigenvalue weighted by molar-refractivity contribution is 9.11. The highest BCUT2D eigenvalue weighted by Gasteiger charge is 2.13. The summed E-state index contributed by atoms with van der Waals surface area (Å²) in [4.78, 5) is 0. The molecule has 0 saturated carbocycles. The number of hydrogen-bond acceptors (Lipinski definition) is 1. The van der Waals surface area contributed by atoms with Crippen LogP contribution < -0.4 is 5.32 Å². The van der Waals surface area contributed by atoms with Gasteiger partial charge in [-0.1, -0.05) is 56.5 Å². The van der Waals surface area contributed by atoms with Gasteiger partial charge < -0.3 is 5.32 Å². The van der Waals surface area contributed by atoms with Crippen molar-refractivity contribution < 1.29 is 4.39 Å². The lowest BCUT2D eigenvalue weighted by molar-refractivity contribution is 0.548. The second-order valence-electron chi connectivity index (χ2n) is 4.77. The summed E-state index contributed by atoms with van der Waals surface area (Å²) in [5.41, 5.74) is 2.17. The second kappa shape index (κ2) is 7.73. The first-order chi connectivity index (χ1) is 9.99. The van der Waals surface area contributed by atoms with Crippen molar-refractivity contribution >= 4 is 43.5 Å². The van der Waals surface area contributed by atoms with Crippen LogP contribution in [0.5, 0.6) is 0 Å². The zero-order chi connectivity index (χ0) is 15.4. The van der Waals surface area contributed by atoms with Crippen molar-refractivity contribution in [1.82, 2.24) is 5.32 Å². The van der Waals surface area contributed by atoms with Crippen molar-refractivity contribution in [2.24, 2.45) is 0 Å². The Morgan fingerprint density at radius 1 is 1.14 bits per heavy atom. The van der Waals surface area contributed by atoms with Crippen LogP contribution in [0.25, 0.3) is 0 Å². The standard InChI is InChI=1S/C16H15Br2ClFN/c1-2-21-16(11-7-12(17)9-13(18)8-11)6-10-3-4-15(20)14(19)5-10/h3-5,7-9,16,21H,2,6H2,1H3. The minimum Gasteiger partial charge on any atom is -0.310 e. The molecule has 2 aromatic carbocycles. The Bertz CT molecular complexity index is 613. The molecule has 0 aromatic heterocycles. The van der Waals surface area contributed by atoms with Crippen LogP contribution in [0.3, 0.4) is 0 Å². The molecule has 0 spiro atoms. The molecule has 0 amide bonds. The predicted octanol–water partition coefficient (Wildman–Crippen LogP) is 5.90. The molecule has 0 aliphatic rings. The molecular weight excluding hydrogens is 420 g/mol. The molecule has 0 bridgehead atoms. The number of hydrogen-bond donors (Lipinski definition) is 1. The lowest BCUT2D eigenvalue weighted by Gasteiger charge is -2.19. The van der Waals surface area contributed by atoms with Crippen LogP contribution >= 0.6 is 43.5 Å². The molecule has 0 fully saturated rings. The van der Waals surface area contributed by atoms with E-state index in [2.05, 4.69) is 56.2 Å². The fourth-order valence-corrected chi connectivity index (χ4v) is 3.77. The van der Waals surface area contributed by atoms with E-state index in [4.69, 9.17) is 11.6 Å². The molecule has 0 heterocycles. The van der Waals surface area contributed by atoms with E-state index in [9.17, 15) is 4.39 Å². The van der Waals surface area contributed by atoms with Crippen LogP contribution in [0.15, 0.2) is 45.3 Å². The normalized spacial score (nSPS) is 12.4. The fraction of sp³-hybridized carbons (Fsp3) is 0.250. The first kappa shape index (κ1) is 16.9. The van der Waals surface area contributed by atoms with Crippen molar-refractivity contribution in [2.75, 3.05) is 6.54 Å². The van der Waals surface area contributed by atoms with Gasteiger partial charge in [-0.25, -0.2) is 4.39 Å². The number of nitrogens with one attached hydrogen (secondary N) is 1. The molecule has 5 heteroatoms.